The number of hydrogen-bond donors (Lipinski definition) is 0. The zero-order valence-corrected chi connectivity index (χ0v) is 8.67. The summed E-state index contributed by atoms with van der Waals surface area (Å²) in [6, 6.07) is 0. The normalized spacial score (nSPS) is 14.9. The zero-order valence-electron chi connectivity index (χ0n) is 8.67. The molecule has 0 aliphatic heterocycles. The molecular formula is C10H20N2. The highest BCUT2D eigenvalue weighted by atomic mass is 15.1. The third-order valence-electron chi connectivity index (χ3n) is 1.87. The lowest BCUT2D eigenvalue weighted by atomic mass is 10.0. The zero-order chi connectivity index (χ0) is 9.56. The summed E-state index contributed by atoms with van der Waals surface area (Å²) in [6.07, 6.45) is 3.03. The molecule has 0 N–H and O–H groups in total. The topological polar surface area (TPSA) is 15.6 Å². The third-order valence-corrected chi connectivity index (χ3v) is 1.87. The Balaban J connectivity index is 3.91. The van der Waals surface area contributed by atoms with Crippen LogP contribution >= 0.6 is 0 Å². The highest BCUT2D eigenvalue weighted by molar-refractivity contribution is 5.82. The quantitative estimate of drug-likeness (QED) is 0.452. The first-order valence-corrected chi connectivity index (χ1v) is 4.29. The fraction of sp³-hybridized carbons (Fsp3) is 0.700. The van der Waals surface area contributed by atoms with Crippen molar-refractivity contribution in [3.63, 3.8) is 0 Å². The standard InChI is InChI=1S/C10H20N2/c1-6-10(8-12(4)5)7-9(2)11-3/h6,10H,1,7-8H2,2-5H3. The van der Waals surface area contributed by atoms with Gasteiger partial charge in [-0.1, -0.05) is 6.08 Å². The van der Waals surface area contributed by atoms with E-state index < -0.39 is 0 Å². The van der Waals surface area contributed by atoms with Crippen LogP contribution in [0.25, 0.3) is 0 Å². The van der Waals surface area contributed by atoms with Gasteiger partial charge in [0.25, 0.3) is 0 Å². The van der Waals surface area contributed by atoms with Crippen LogP contribution in [0.2, 0.25) is 0 Å². The van der Waals surface area contributed by atoms with Crippen molar-refractivity contribution >= 4 is 5.71 Å². The van der Waals surface area contributed by atoms with E-state index in [1.165, 1.54) is 5.71 Å². The lowest BCUT2D eigenvalue weighted by Gasteiger charge is -2.17. The van der Waals surface area contributed by atoms with Gasteiger partial charge in [0.15, 0.2) is 0 Å². The molecule has 0 rings (SSSR count). The van der Waals surface area contributed by atoms with E-state index in [1.807, 2.05) is 13.1 Å². The van der Waals surface area contributed by atoms with Crippen molar-refractivity contribution in [3.05, 3.63) is 12.7 Å². The molecule has 2 heteroatoms. The van der Waals surface area contributed by atoms with E-state index in [2.05, 4.69) is 37.5 Å². The molecule has 0 heterocycles. The molecule has 0 bridgehead atoms. The molecule has 12 heavy (non-hydrogen) atoms. The van der Waals surface area contributed by atoms with E-state index in [9.17, 15) is 0 Å². The van der Waals surface area contributed by atoms with Crippen molar-refractivity contribution in [2.24, 2.45) is 10.9 Å². The number of rotatable bonds is 5. The van der Waals surface area contributed by atoms with Crippen LogP contribution in [0.15, 0.2) is 17.6 Å². The highest BCUT2D eigenvalue weighted by Crippen LogP contribution is 2.06. The van der Waals surface area contributed by atoms with Crippen molar-refractivity contribution in [2.45, 2.75) is 13.3 Å². The molecule has 0 aromatic heterocycles. The van der Waals surface area contributed by atoms with Crippen LogP contribution in [-0.4, -0.2) is 38.3 Å². The van der Waals surface area contributed by atoms with Crippen LogP contribution in [0.5, 0.6) is 0 Å². The van der Waals surface area contributed by atoms with Gasteiger partial charge < -0.3 is 4.90 Å². The summed E-state index contributed by atoms with van der Waals surface area (Å²) in [5.74, 6) is 0.531. The number of nitrogens with zero attached hydrogens (tertiary/aromatic N) is 2. The first kappa shape index (κ1) is 11.4. The Morgan fingerprint density at radius 2 is 2.17 bits per heavy atom. The lowest BCUT2D eigenvalue weighted by molar-refractivity contribution is 0.363. The lowest BCUT2D eigenvalue weighted by Crippen LogP contribution is -2.21. The predicted molar refractivity (Wildman–Crippen MR) is 55.9 cm³/mol. The molecule has 0 fully saturated rings. The Bertz CT molecular complexity index is 159. The molecule has 0 aliphatic carbocycles. The fourth-order valence-electron chi connectivity index (χ4n) is 1.16. The summed E-state index contributed by atoms with van der Waals surface area (Å²) in [5, 5.41) is 0. The summed E-state index contributed by atoms with van der Waals surface area (Å²) in [5.41, 5.74) is 1.20. The van der Waals surface area contributed by atoms with Gasteiger partial charge in [-0.3, -0.25) is 4.99 Å². The Morgan fingerprint density at radius 3 is 2.50 bits per heavy atom. The first-order chi connectivity index (χ1) is 5.60. The average Bonchev–Trinajstić information content (AvgIpc) is 2.02. The summed E-state index contributed by atoms with van der Waals surface area (Å²) in [6.45, 7) is 6.93. The van der Waals surface area contributed by atoms with E-state index in [1.54, 1.807) is 0 Å². The molecule has 0 radical (unpaired) electrons. The maximum Gasteiger partial charge on any atom is 0.0276 e. The molecule has 0 saturated heterocycles. The van der Waals surface area contributed by atoms with Crippen LogP contribution < -0.4 is 0 Å². The number of hydrogen-bond acceptors (Lipinski definition) is 2. The van der Waals surface area contributed by atoms with Gasteiger partial charge in [-0.25, -0.2) is 0 Å². The molecule has 1 atom stereocenters. The van der Waals surface area contributed by atoms with E-state index in [0.29, 0.717) is 5.92 Å². The van der Waals surface area contributed by atoms with Crippen molar-refractivity contribution in [2.75, 3.05) is 27.7 Å². The molecule has 0 aromatic rings. The third kappa shape index (κ3) is 5.08. The van der Waals surface area contributed by atoms with Crippen LogP contribution in [0.1, 0.15) is 13.3 Å². The SMILES string of the molecule is C=CC(CC(C)=NC)CN(C)C. The molecule has 70 valence electrons. The highest BCUT2D eigenvalue weighted by Gasteiger charge is 2.06. The van der Waals surface area contributed by atoms with Crippen LogP contribution in [0.3, 0.4) is 0 Å². The Hall–Kier alpha value is -0.630. The molecule has 0 aliphatic rings. The minimum atomic E-state index is 0.531. The van der Waals surface area contributed by atoms with Gasteiger partial charge in [0.1, 0.15) is 0 Å². The monoisotopic (exact) mass is 168 g/mol. The molecule has 2 nitrogen and oxygen atoms in total. The van der Waals surface area contributed by atoms with Crippen molar-refractivity contribution in [1.29, 1.82) is 0 Å². The molecule has 0 saturated carbocycles. The summed E-state index contributed by atoms with van der Waals surface area (Å²) < 4.78 is 0. The average molecular weight is 168 g/mol. The molecule has 0 amide bonds. The van der Waals surface area contributed by atoms with Gasteiger partial charge in [0, 0.05) is 19.3 Å². The minimum absolute atomic E-state index is 0.531. The molecular weight excluding hydrogens is 148 g/mol. The summed E-state index contributed by atoms with van der Waals surface area (Å²) in [7, 11) is 6.00. The van der Waals surface area contributed by atoms with Crippen LogP contribution in [0.4, 0.5) is 0 Å². The van der Waals surface area contributed by atoms with E-state index in [-0.39, 0.29) is 0 Å². The first-order valence-electron chi connectivity index (χ1n) is 4.29. The summed E-state index contributed by atoms with van der Waals surface area (Å²) in [4.78, 5) is 6.31. The predicted octanol–water partition coefficient (Wildman–Crippen LogP) is 1.83. The minimum Gasteiger partial charge on any atom is -0.309 e. The number of aliphatic imine (C=N–C) groups is 1. The van der Waals surface area contributed by atoms with E-state index >= 15 is 0 Å². The van der Waals surface area contributed by atoms with Gasteiger partial charge in [0.2, 0.25) is 0 Å². The van der Waals surface area contributed by atoms with Gasteiger partial charge in [0.05, 0.1) is 0 Å². The Morgan fingerprint density at radius 1 is 1.58 bits per heavy atom. The summed E-state index contributed by atoms with van der Waals surface area (Å²) >= 11 is 0. The van der Waals surface area contributed by atoms with Gasteiger partial charge in [-0.15, -0.1) is 6.58 Å². The second kappa shape index (κ2) is 5.95. The molecule has 0 aromatic carbocycles. The molecule has 1 unspecified atom stereocenters. The van der Waals surface area contributed by atoms with Gasteiger partial charge in [-0.05, 0) is 33.4 Å². The maximum atomic E-state index is 4.13. The van der Waals surface area contributed by atoms with Gasteiger partial charge in [-0.2, -0.15) is 0 Å². The smallest absolute Gasteiger partial charge is 0.0276 e. The Labute approximate surface area is 76.0 Å². The second-order valence-corrected chi connectivity index (χ2v) is 3.42. The van der Waals surface area contributed by atoms with Crippen molar-refractivity contribution in [1.82, 2.24) is 4.90 Å². The molecule has 0 spiro atoms. The maximum absolute atomic E-state index is 4.13. The second-order valence-electron chi connectivity index (χ2n) is 3.42. The Kier molecular flexibility index (Phi) is 5.64. The van der Waals surface area contributed by atoms with E-state index in [4.69, 9.17) is 0 Å². The van der Waals surface area contributed by atoms with Crippen molar-refractivity contribution in [3.8, 4) is 0 Å². The van der Waals surface area contributed by atoms with E-state index in [0.717, 1.165) is 13.0 Å². The fourth-order valence-corrected chi connectivity index (χ4v) is 1.16. The van der Waals surface area contributed by atoms with Crippen LogP contribution in [0, 0.1) is 5.92 Å². The van der Waals surface area contributed by atoms with Crippen molar-refractivity contribution < 1.29 is 0 Å². The van der Waals surface area contributed by atoms with Crippen LogP contribution in [-0.2, 0) is 0 Å². The van der Waals surface area contributed by atoms with Gasteiger partial charge >= 0.3 is 0 Å². The largest absolute Gasteiger partial charge is 0.309 e.